The Balaban J connectivity index is 2.21. The van der Waals surface area contributed by atoms with Gasteiger partial charge in [0.15, 0.2) is 0 Å². The Morgan fingerprint density at radius 1 is 1.11 bits per heavy atom. The van der Waals surface area contributed by atoms with Crippen molar-refractivity contribution in [1.29, 1.82) is 0 Å². The van der Waals surface area contributed by atoms with E-state index in [0.717, 1.165) is 13.0 Å². The zero-order valence-corrected chi connectivity index (χ0v) is 12.2. The normalized spacial score (nSPS) is 26.4. The van der Waals surface area contributed by atoms with E-state index in [1.807, 2.05) is 0 Å². The number of nitrogens with one attached hydrogen (secondary N) is 1. The van der Waals surface area contributed by atoms with Crippen molar-refractivity contribution in [3.8, 4) is 0 Å². The van der Waals surface area contributed by atoms with Crippen LogP contribution >= 0.6 is 0 Å². The molecule has 0 aromatic carbocycles. The van der Waals surface area contributed by atoms with E-state index in [4.69, 9.17) is 0 Å². The van der Waals surface area contributed by atoms with Gasteiger partial charge in [0.2, 0.25) is 0 Å². The molecule has 1 rings (SSSR count). The zero-order chi connectivity index (χ0) is 14.3. The van der Waals surface area contributed by atoms with E-state index in [9.17, 15) is 13.2 Å². The lowest BCUT2D eigenvalue weighted by Crippen LogP contribution is -2.39. The molecule has 0 spiro atoms. The van der Waals surface area contributed by atoms with Gasteiger partial charge in [-0.1, -0.05) is 33.1 Å². The second-order valence-corrected chi connectivity index (χ2v) is 5.91. The highest BCUT2D eigenvalue weighted by molar-refractivity contribution is 4.81. The summed E-state index contributed by atoms with van der Waals surface area (Å²) in [5.41, 5.74) is 0. The fourth-order valence-electron chi connectivity index (χ4n) is 2.90. The highest BCUT2D eigenvalue weighted by Gasteiger charge is 2.41. The van der Waals surface area contributed by atoms with Gasteiger partial charge in [-0.15, -0.1) is 0 Å². The summed E-state index contributed by atoms with van der Waals surface area (Å²) in [6.07, 6.45) is 2.82. The van der Waals surface area contributed by atoms with Crippen molar-refractivity contribution in [2.24, 2.45) is 11.8 Å². The predicted octanol–water partition coefficient (Wildman–Crippen LogP) is 4.91. The van der Waals surface area contributed by atoms with Gasteiger partial charge < -0.3 is 5.32 Å². The third-order valence-electron chi connectivity index (χ3n) is 4.43. The number of hydrogen-bond donors (Lipinski definition) is 1. The number of hydrogen-bond acceptors (Lipinski definition) is 1. The third-order valence-corrected chi connectivity index (χ3v) is 4.43. The monoisotopic (exact) mass is 279 g/mol. The maximum atomic E-state index is 12.6. The topological polar surface area (TPSA) is 12.0 Å². The van der Waals surface area contributed by atoms with Crippen LogP contribution in [0.2, 0.25) is 0 Å². The molecule has 1 unspecified atom stereocenters. The number of alkyl halides is 3. The van der Waals surface area contributed by atoms with E-state index < -0.39 is 12.1 Å². The molecule has 0 bridgehead atoms. The van der Waals surface area contributed by atoms with E-state index in [0.29, 0.717) is 37.6 Å². The van der Waals surface area contributed by atoms with E-state index in [1.165, 1.54) is 19.3 Å². The average molecular weight is 279 g/mol. The van der Waals surface area contributed by atoms with Gasteiger partial charge in [0.1, 0.15) is 0 Å². The maximum Gasteiger partial charge on any atom is 0.391 e. The maximum absolute atomic E-state index is 12.6. The number of unbranched alkanes of at least 4 members (excludes halogenated alkanes) is 1. The summed E-state index contributed by atoms with van der Waals surface area (Å²) in [6.45, 7) is 5.36. The molecule has 0 saturated heterocycles. The largest absolute Gasteiger partial charge is 0.391 e. The van der Waals surface area contributed by atoms with Gasteiger partial charge in [0.05, 0.1) is 5.92 Å². The molecule has 0 radical (unpaired) electrons. The molecule has 1 aliphatic carbocycles. The smallest absolute Gasteiger partial charge is 0.314 e. The first kappa shape index (κ1) is 16.8. The first-order valence-electron chi connectivity index (χ1n) is 7.77. The van der Waals surface area contributed by atoms with Gasteiger partial charge in [0.25, 0.3) is 0 Å². The van der Waals surface area contributed by atoms with Gasteiger partial charge in [-0.2, -0.15) is 13.2 Å². The molecule has 0 aromatic rings. The van der Waals surface area contributed by atoms with E-state index in [1.54, 1.807) is 0 Å². The molecular formula is C15H28F3N. The summed E-state index contributed by atoms with van der Waals surface area (Å²) in [4.78, 5) is 0. The highest BCUT2D eigenvalue weighted by Crippen LogP contribution is 2.37. The minimum atomic E-state index is -3.99. The van der Waals surface area contributed by atoms with E-state index in [2.05, 4.69) is 19.2 Å². The van der Waals surface area contributed by atoms with Crippen LogP contribution in [0.1, 0.15) is 65.2 Å². The summed E-state index contributed by atoms with van der Waals surface area (Å²) in [5, 5.41) is 3.49. The van der Waals surface area contributed by atoms with Crippen molar-refractivity contribution in [3.05, 3.63) is 0 Å². The summed E-state index contributed by atoms with van der Waals surface area (Å²) in [5.74, 6) is -0.382. The minimum absolute atomic E-state index is 0.299. The van der Waals surface area contributed by atoms with Crippen LogP contribution < -0.4 is 5.32 Å². The molecule has 19 heavy (non-hydrogen) atoms. The van der Waals surface area contributed by atoms with Crippen molar-refractivity contribution in [2.75, 3.05) is 6.54 Å². The molecular weight excluding hydrogens is 251 g/mol. The zero-order valence-electron chi connectivity index (χ0n) is 12.2. The molecule has 0 heterocycles. The predicted molar refractivity (Wildman–Crippen MR) is 73.1 cm³/mol. The quantitative estimate of drug-likeness (QED) is 0.698. The average Bonchev–Trinajstić information content (AvgIpc) is 2.38. The molecule has 1 N–H and O–H groups in total. The fourth-order valence-corrected chi connectivity index (χ4v) is 2.90. The Morgan fingerprint density at radius 3 is 2.21 bits per heavy atom. The van der Waals surface area contributed by atoms with Gasteiger partial charge in [0, 0.05) is 6.04 Å². The van der Waals surface area contributed by atoms with Crippen LogP contribution in [-0.2, 0) is 0 Å². The fraction of sp³-hybridized carbons (Fsp3) is 1.00. The van der Waals surface area contributed by atoms with E-state index in [-0.39, 0.29) is 0 Å². The van der Waals surface area contributed by atoms with Gasteiger partial charge >= 0.3 is 6.18 Å². The standard InChI is InChI=1S/C15H28F3N/c1-3-5-6-12(4-2)11-19-14-9-7-13(8-10-14)15(16,17)18/h12-14,19H,3-11H2,1-2H3. The molecule has 4 heteroatoms. The molecule has 1 fully saturated rings. The molecule has 1 saturated carbocycles. The molecule has 114 valence electrons. The Morgan fingerprint density at radius 2 is 1.74 bits per heavy atom. The SMILES string of the molecule is CCCCC(CC)CNC1CCC(C(F)(F)F)CC1. The van der Waals surface area contributed by atoms with Crippen LogP contribution in [0.15, 0.2) is 0 Å². The van der Waals surface area contributed by atoms with Crippen molar-refractivity contribution in [2.45, 2.75) is 77.4 Å². The van der Waals surface area contributed by atoms with Crippen LogP contribution in [0.3, 0.4) is 0 Å². The van der Waals surface area contributed by atoms with Gasteiger partial charge in [-0.3, -0.25) is 0 Å². The Hall–Kier alpha value is -0.250. The highest BCUT2D eigenvalue weighted by atomic mass is 19.4. The Bertz CT molecular complexity index is 232. The molecule has 1 atom stereocenters. The lowest BCUT2D eigenvalue weighted by molar-refractivity contribution is -0.182. The number of halogens is 3. The molecule has 0 aromatic heterocycles. The van der Waals surface area contributed by atoms with Crippen molar-refractivity contribution in [3.63, 3.8) is 0 Å². The first-order valence-corrected chi connectivity index (χ1v) is 7.77. The Labute approximate surface area is 115 Å². The first-order chi connectivity index (χ1) is 8.97. The van der Waals surface area contributed by atoms with Crippen LogP contribution in [0, 0.1) is 11.8 Å². The van der Waals surface area contributed by atoms with Crippen molar-refractivity contribution in [1.82, 2.24) is 5.32 Å². The van der Waals surface area contributed by atoms with Crippen LogP contribution in [0.4, 0.5) is 13.2 Å². The Kier molecular flexibility index (Phi) is 7.19. The van der Waals surface area contributed by atoms with E-state index >= 15 is 0 Å². The van der Waals surface area contributed by atoms with Crippen LogP contribution in [0.25, 0.3) is 0 Å². The number of rotatable bonds is 7. The molecule has 0 amide bonds. The summed E-state index contributed by atoms with van der Waals surface area (Å²) >= 11 is 0. The summed E-state index contributed by atoms with van der Waals surface area (Å²) in [7, 11) is 0. The second kappa shape index (κ2) is 8.13. The summed E-state index contributed by atoms with van der Waals surface area (Å²) < 4.78 is 37.7. The van der Waals surface area contributed by atoms with Gasteiger partial charge in [-0.25, -0.2) is 0 Å². The second-order valence-electron chi connectivity index (χ2n) is 5.91. The summed E-state index contributed by atoms with van der Waals surface area (Å²) in [6, 6.07) is 0.300. The van der Waals surface area contributed by atoms with Crippen molar-refractivity contribution < 1.29 is 13.2 Å². The van der Waals surface area contributed by atoms with Crippen molar-refractivity contribution >= 4 is 0 Å². The lowest BCUT2D eigenvalue weighted by atomic mass is 9.85. The molecule has 0 aliphatic heterocycles. The molecule has 1 nitrogen and oxygen atoms in total. The minimum Gasteiger partial charge on any atom is -0.314 e. The van der Waals surface area contributed by atoms with Crippen LogP contribution in [0.5, 0.6) is 0 Å². The lowest BCUT2D eigenvalue weighted by Gasteiger charge is -2.31. The van der Waals surface area contributed by atoms with Crippen LogP contribution in [-0.4, -0.2) is 18.8 Å². The third kappa shape index (κ3) is 6.15. The molecule has 1 aliphatic rings. The van der Waals surface area contributed by atoms with Gasteiger partial charge in [-0.05, 0) is 44.6 Å².